The van der Waals surface area contributed by atoms with E-state index in [1.54, 1.807) is 48.5 Å². The summed E-state index contributed by atoms with van der Waals surface area (Å²) in [5.41, 5.74) is 2.40. The molecule has 0 aliphatic rings. The second-order valence-corrected chi connectivity index (χ2v) is 7.70. The van der Waals surface area contributed by atoms with Crippen molar-refractivity contribution in [2.24, 2.45) is 0 Å². The van der Waals surface area contributed by atoms with E-state index in [0.29, 0.717) is 27.9 Å². The molecule has 1 unspecified atom stereocenters. The standard InChI is InChI=1S/C25H18F3N3O6/c1-14(32)35-21(23(33)29-19-9-5-16(6-10-19)22-30-24(34)37-31-22)18-4-2-3-17(13-18)15-7-11-20(12-8-15)36-25(26,27)28/h2-13,21H,1H3,(H,29,33)(H,30,31,34). The van der Waals surface area contributed by atoms with E-state index in [1.807, 2.05) is 0 Å². The second-order valence-electron chi connectivity index (χ2n) is 7.70. The highest BCUT2D eigenvalue weighted by Crippen LogP contribution is 2.29. The van der Waals surface area contributed by atoms with E-state index < -0.39 is 30.1 Å². The van der Waals surface area contributed by atoms with Crippen LogP contribution in [0.1, 0.15) is 18.6 Å². The van der Waals surface area contributed by atoms with Crippen molar-refractivity contribution in [3.63, 3.8) is 0 Å². The molecule has 0 aliphatic carbocycles. The fourth-order valence-corrected chi connectivity index (χ4v) is 3.44. The van der Waals surface area contributed by atoms with Gasteiger partial charge in [-0.1, -0.05) is 35.5 Å². The summed E-state index contributed by atoms with van der Waals surface area (Å²) in [7, 11) is 0. The normalized spacial score (nSPS) is 12.0. The molecule has 0 fully saturated rings. The van der Waals surface area contributed by atoms with Gasteiger partial charge in [0.1, 0.15) is 5.75 Å². The zero-order chi connectivity index (χ0) is 26.6. The number of rotatable bonds is 7. The van der Waals surface area contributed by atoms with E-state index >= 15 is 0 Å². The number of aromatic amines is 1. The maximum atomic E-state index is 13.0. The third-order valence-electron chi connectivity index (χ3n) is 5.00. The molecule has 1 atom stereocenters. The number of aromatic nitrogens is 2. The number of hydrogen-bond donors (Lipinski definition) is 2. The highest BCUT2D eigenvalue weighted by Gasteiger charge is 2.31. The third kappa shape index (κ3) is 6.63. The van der Waals surface area contributed by atoms with Gasteiger partial charge in [0.25, 0.3) is 5.91 Å². The number of amides is 1. The number of ether oxygens (including phenoxy) is 2. The number of nitrogens with zero attached hydrogens (tertiary/aromatic N) is 1. The maximum Gasteiger partial charge on any atom is 0.573 e. The molecule has 1 aromatic heterocycles. The third-order valence-corrected chi connectivity index (χ3v) is 5.00. The van der Waals surface area contributed by atoms with Crippen LogP contribution in [0.3, 0.4) is 0 Å². The van der Waals surface area contributed by atoms with Crippen LogP contribution in [0.15, 0.2) is 82.1 Å². The quantitative estimate of drug-likeness (QED) is 0.339. The van der Waals surface area contributed by atoms with Gasteiger partial charge in [-0.25, -0.2) is 4.79 Å². The molecular weight excluding hydrogens is 495 g/mol. The van der Waals surface area contributed by atoms with Gasteiger partial charge >= 0.3 is 18.1 Å². The number of halogens is 3. The van der Waals surface area contributed by atoms with Crippen LogP contribution in [0.4, 0.5) is 18.9 Å². The van der Waals surface area contributed by atoms with Gasteiger partial charge in [0, 0.05) is 23.7 Å². The topological polar surface area (TPSA) is 124 Å². The lowest BCUT2D eigenvalue weighted by atomic mass is 10.00. The summed E-state index contributed by atoms with van der Waals surface area (Å²) in [6.07, 6.45) is -6.11. The smallest absolute Gasteiger partial charge is 0.447 e. The van der Waals surface area contributed by atoms with Crippen LogP contribution >= 0.6 is 0 Å². The zero-order valence-corrected chi connectivity index (χ0v) is 19.0. The van der Waals surface area contributed by atoms with Crippen molar-refractivity contribution in [3.05, 3.63) is 88.9 Å². The maximum absolute atomic E-state index is 13.0. The average Bonchev–Trinajstić information content (AvgIpc) is 3.28. The highest BCUT2D eigenvalue weighted by atomic mass is 19.4. The van der Waals surface area contributed by atoms with E-state index in [0.717, 1.165) is 6.92 Å². The first-order valence-electron chi connectivity index (χ1n) is 10.7. The van der Waals surface area contributed by atoms with Crippen molar-refractivity contribution >= 4 is 17.6 Å². The minimum atomic E-state index is -4.80. The number of H-pyrrole nitrogens is 1. The minimum Gasteiger partial charge on any atom is -0.447 e. The van der Waals surface area contributed by atoms with Gasteiger partial charge in [0.2, 0.25) is 6.10 Å². The molecule has 12 heteroatoms. The molecule has 0 aliphatic heterocycles. The van der Waals surface area contributed by atoms with Crippen molar-refractivity contribution in [3.8, 4) is 28.3 Å². The second kappa shape index (κ2) is 10.4. The molecule has 4 aromatic rings. The molecule has 0 saturated carbocycles. The van der Waals surface area contributed by atoms with Gasteiger partial charge in [-0.3, -0.25) is 19.1 Å². The Bertz CT molecular complexity index is 1460. The van der Waals surface area contributed by atoms with Gasteiger partial charge < -0.3 is 14.8 Å². The van der Waals surface area contributed by atoms with E-state index in [9.17, 15) is 27.6 Å². The molecule has 0 bridgehead atoms. The molecule has 4 rings (SSSR count). The predicted molar refractivity (Wildman–Crippen MR) is 124 cm³/mol. The lowest BCUT2D eigenvalue weighted by molar-refractivity contribution is -0.274. The Labute approximate surface area is 206 Å². The van der Waals surface area contributed by atoms with E-state index in [1.165, 1.54) is 24.3 Å². The van der Waals surface area contributed by atoms with Crippen LogP contribution < -0.4 is 15.8 Å². The van der Waals surface area contributed by atoms with Crippen molar-refractivity contribution in [1.29, 1.82) is 0 Å². The lowest BCUT2D eigenvalue weighted by Gasteiger charge is -2.18. The van der Waals surface area contributed by atoms with E-state index in [4.69, 9.17) is 4.74 Å². The molecule has 1 amide bonds. The average molecular weight is 513 g/mol. The minimum absolute atomic E-state index is 0.218. The number of nitrogens with one attached hydrogen (secondary N) is 2. The Morgan fingerprint density at radius 3 is 2.24 bits per heavy atom. The van der Waals surface area contributed by atoms with Crippen LogP contribution in [0, 0.1) is 0 Å². The van der Waals surface area contributed by atoms with Crippen LogP contribution in [0.2, 0.25) is 0 Å². The van der Waals surface area contributed by atoms with Crippen molar-refractivity contribution in [1.82, 2.24) is 10.1 Å². The van der Waals surface area contributed by atoms with Crippen molar-refractivity contribution in [2.45, 2.75) is 19.4 Å². The van der Waals surface area contributed by atoms with E-state index in [2.05, 4.69) is 24.7 Å². The first kappa shape index (κ1) is 25.2. The Morgan fingerprint density at radius 2 is 1.65 bits per heavy atom. The number of hydrogen-bond acceptors (Lipinski definition) is 7. The highest BCUT2D eigenvalue weighted by molar-refractivity contribution is 5.96. The predicted octanol–water partition coefficient (Wildman–Crippen LogP) is 4.84. The summed E-state index contributed by atoms with van der Waals surface area (Å²) in [6.45, 7) is 1.16. The van der Waals surface area contributed by atoms with Crippen LogP contribution in [0.5, 0.6) is 5.75 Å². The van der Waals surface area contributed by atoms with Gasteiger partial charge in [0.05, 0.1) is 0 Å². The molecule has 0 saturated heterocycles. The van der Waals surface area contributed by atoms with Crippen molar-refractivity contribution < 1.29 is 36.8 Å². The Morgan fingerprint density at radius 1 is 0.973 bits per heavy atom. The van der Waals surface area contributed by atoms with Crippen LogP contribution in [0.25, 0.3) is 22.5 Å². The molecule has 37 heavy (non-hydrogen) atoms. The molecule has 0 radical (unpaired) electrons. The van der Waals surface area contributed by atoms with Gasteiger partial charge in [0.15, 0.2) is 5.82 Å². The van der Waals surface area contributed by atoms with Gasteiger partial charge in [-0.15, -0.1) is 13.2 Å². The lowest BCUT2D eigenvalue weighted by Crippen LogP contribution is -2.25. The Kier molecular flexibility index (Phi) is 7.09. The monoisotopic (exact) mass is 513 g/mol. The van der Waals surface area contributed by atoms with Crippen LogP contribution in [-0.2, 0) is 14.3 Å². The number of carbonyl (C=O) groups is 2. The number of anilines is 1. The van der Waals surface area contributed by atoms with Gasteiger partial charge in [-0.2, -0.15) is 0 Å². The number of carbonyl (C=O) groups excluding carboxylic acids is 2. The summed E-state index contributed by atoms with van der Waals surface area (Å²) >= 11 is 0. The van der Waals surface area contributed by atoms with Gasteiger partial charge in [-0.05, 0) is 53.6 Å². The first-order chi connectivity index (χ1) is 17.6. The summed E-state index contributed by atoms with van der Waals surface area (Å²) in [4.78, 5) is 38.3. The summed E-state index contributed by atoms with van der Waals surface area (Å²) in [5, 5.41) is 6.25. The summed E-state index contributed by atoms with van der Waals surface area (Å²) < 4.78 is 50.9. The fourth-order valence-electron chi connectivity index (χ4n) is 3.44. The molecule has 3 aromatic carbocycles. The molecule has 1 heterocycles. The number of alkyl halides is 3. The molecule has 0 spiro atoms. The molecule has 9 nitrogen and oxygen atoms in total. The molecular formula is C25H18F3N3O6. The Balaban J connectivity index is 1.54. The summed E-state index contributed by atoms with van der Waals surface area (Å²) in [6, 6.07) is 18.0. The first-order valence-corrected chi connectivity index (χ1v) is 10.7. The number of benzene rings is 3. The SMILES string of the molecule is CC(=O)OC(C(=O)Nc1ccc(-c2noc(=O)[nH]2)cc1)c1cccc(-c2ccc(OC(F)(F)F)cc2)c1. The molecule has 190 valence electrons. The largest absolute Gasteiger partial charge is 0.573 e. The Hall–Kier alpha value is -4.87. The fraction of sp³-hybridized carbons (Fsp3) is 0.120. The number of esters is 1. The van der Waals surface area contributed by atoms with Crippen molar-refractivity contribution in [2.75, 3.05) is 5.32 Å². The molecule has 2 N–H and O–H groups in total. The van der Waals surface area contributed by atoms with E-state index in [-0.39, 0.29) is 11.6 Å². The summed E-state index contributed by atoms with van der Waals surface area (Å²) in [5.74, 6) is -2.18. The zero-order valence-electron chi connectivity index (χ0n) is 19.0. The van der Waals surface area contributed by atoms with Crippen LogP contribution in [-0.4, -0.2) is 28.4 Å².